The first-order valence-corrected chi connectivity index (χ1v) is 5.71. The number of pyridine rings is 1. The van der Waals surface area contributed by atoms with Gasteiger partial charge in [0.2, 0.25) is 0 Å². The third-order valence-corrected chi connectivity index (χ3v) is 2.60. The first-order valence-electron chi connectivity index (χ1n) is 5.34. The van der Waals surface area contributed by atoms with Crippen molar-refractivity contribution in [2.24, 2.45) is 0 Å². The molecule has 0 amide bonds. The molecule has 0 saturated carbocycles. The Kier molecular flexibility index (Phi) is 5.29. The zero-order chi connectivity index (χ0) is 12.0. The molecule has 88 valence electrons. The predicted molar refractivity (Wildman–Crippen MR) is 67.9 cm³/mol. The maximum Gasteiger partial charge on any atom is 0.129 e. The van der Waals surface area contributed by atoms with E-state index in [0.717, 1.165) is 25.3 Å². The lowest BCUT2D eigenvalue weighted by molar-refractivity contribution is 0.282. The van der Waals surface area contributed by atoms with E-state index in [9.17, 15) is 0 Å². The van der Waals surface area contributed by atoms with Crippen LogP contribution in [0.5, 0.6) is 0 Å². The summed E-state index contributed by atoms with van der Waals surface area (Å²) in [7, 11) is 0. The Morgan fingerprint density at radius 3 is 2.94 bits per heavy atom. The van der Waals surface area contributed by atoms with Gasteiger partial charge in [-0.15, -0.1) is 6.58 Å². The van der Waals surface area contributed by atoms with Crippen molar-refractivity contribution in [2.45, 2.75) is 20.0 Å². The first kappa shape index (κ1) is 13.0. The second kappa shape index (κ2) is 6.51. The van der Waals surface area contributed by atoms with E-state index in [1.165, 1.54) is 0 Å². The smallest absolute Gasteiger partial charge is 0.129 e. The van der Waals surface area contributed by atoms with Gasteiger partial charge in [-0.1, -0.05) is 24.6 Å². The fourth-order valence-corrected chi connectivity index (χ4v) is 1.65. The molecule has 0 fully saturated rings. The molecule has 1 N–H and O–H groups in total. The molecular formula is C12H17ClN2O. The number of rotatable bonds is 6. The topological polar surface area (TPSA) is 36.4 Å². The zero-order valence-electron chi connectivity index (χ0n) is 9.49. The van der Waals surface area contributed by atoms with Gasteiger partial charge < -0.3 is 10.0 Å². The third-order valence-electron chi connectivity index (χ3n) is 2.26. The quantitative estimate of drug-likeness (QED) is 0.777. The lowest BCUT2D eigenvalue weighted by Gasteiger charge is -2.22. The van der Waals surface area contributed by atoms with Gasteiger partial charge in [-0.05, 0) is 12.5 Å². The number of halogens is 1. The van der Waals surface area contributed by atoms with Gasteiger partial charge in [0.05, 0.1) is 11.6 Å². The minimum absolute atomic E-state index is 0.0671. The maximum atomic E-state index is 9.13. The Bertz CT molecular complexity index is 355. The normalized spacial score (nSPS) is 10.2. The summed E-state index contributed by atoms with van der Waals surface area (Å²) in [5, 5.41) is 9.63. The summed E-state index contributed by atoms with van der Waals surface area (Å²) in [5.74, 6) is 0.829. The van der Waals surface area contributed by atoms with Gasteiger partial charge in [-0.3, -0.25) is 0 Å². The standard InChI is InChI=1S/C12H17ClN2O/c1-3-5-15(6-4-2)12-7-10(9-16)11(13)8-14-12/h3,7-8,16H,1,4-6,9H2,2H3. The average molecular weight is 241 g/mol. The van der Waals surface area contributed by atoms with E-state index in [2.05, 4.69) is 23.4 Å². The van der Waals surface area contributed by atoms with Gasteiger partial charge in [0.15, 0.2) is 0 Å². The molecule has 0 aliphatic rings. The summed E-state index contributed by atoms with van der Waals surface area (Å²) in [6, 6.07) is 1.82. The Labute approximate surface area is 101 Å². The van der Waals surface area contributed by atoms with Crippen LogP contribution in [0.15, 0.2) is 24.9 Å². The van der Waals surface area contributed by atoms with E-state index in [1.54, 1.807) is 6.20 Å². The van der Waals surface area contributed by atoms with Crippen LogP contribution in [0, 0.1) is 0 Å². The second-order valence-corrected chi connectivity index (χ2v) is 3.93. The van der Waals surface area contributed by atoms with Crippen molar-refractivity contribution in [1.29, 1.82) is 0 Å². The van der Waals surface area contributed by atoms with Crippen molar-refractivity contribution in [3.8, 4) is 0 Å². The third kappa shape index (κ3) is 3.22. The molecule has 4 heteroatoms. The van der Waals surface area contributed by atoms with Crippen LogP contribution >= 0.6 is 11.6 Å². The number of hydrogen-bond donors (Lipinski definition) is 1. The Morgan fingerprint density at radius 1 is 1.62 bits per heavy atom. The van der Waals surface area contributed by atoms with Gasteiger partial charge >= 0.3 is 0 Å². The molecule has 1 heterocycles. The van der Waals surface area contributed by atoms with Crippen LogP contribution in [0.4, 0.5) is 5.82 Å². The summed E-state index contributed by atoms with van der Waals surface area (Å²) >= 11 is 5.89. The molecule has 3 nitrogen and oxygen atoms in total. The number of aliphatic hydroxyl groups is 1. The number of anilines is 1. The van der Waals surface area contributed by atoms with Crippen molar-refractivity contribution in [2.75, 3.05) is 18.0 Å². The van der Waals surface area contributed by atoms with Crippen LogP contribution in [0.1, 0.15) is 18.9 Å². The van der Waals surface area contributed by atoms with E-state index < -0.39 is 0 Å². The fraction of sp³-hybridized carbons (Fsp3) is 0.417. The number of hydrogen-bond acceptors (Lipinski definition) is 3. The lowest BCUT2D eigenvalue weighted by atomic mass is 10.2. The Balaban J connectivity index is 2.94. The van der Waals surface area contributed by atoms with Crippen LogP contribution in [0.2, 0.25) is 5.02 Å². The summed E-state index contributed by atoms with van der Waals surface area (Å²) in [6.45, 7) is 7.42. The fourth-order valence-electron chi connectivity index (χ4n) is 1.49. The first-order chi connectivity index (χ1) is 7.72. The number of aromatic nitrogens is 1. The monoisotopic (exact) mass is 240 g/mol. The van der Waals surface area contributed by atoms with Gasteiger partial charge in [0.1, 0.15) is 5.82 Å². The van der Waals surface area contributed by atoms with Crippen LogP contribution < -0.4 is 4.90 Å². The average Bonchev–Trinajstić information content (AvgIpc) is 2.29. The molecule has 0 radical (unpaired) electrons. The molecule has 1 rings (SSSR count). The molecule has 0 aliphatic heterocycles. The summed E-state index contributed by atoms with van der Waals surface area (Å²) in [4.78, 5) is 6.36. The van der Waals surface area contributed by atoms with Crippen LogP contribution in [-0.4, -0.2) is 23.2 Å². The largest absolute Gasteiger partial charge is 0.392 e. The molecule has 0 aromatic carbocycles. The van der Waals surface area contributed by atoms with Crippen molar-refractivity contribution in [3.63, 3.8) is 0 Å². The summed E-state index contributed by atoms with van der Waals surface area (Å²) in [5.41, 5.74) is 0.705. The van der Waals surface area contributed by atoms with Crippen molar-refractivity contribution in [1.82, 2.24) is 4.98 Å². The molecular weight excluding hydrogens is 224 g/mol. The SMILES string of the molecule is C=CCN(CCC)c1cc(CO)c(Cl)cn1. The molecule has 0 unspecified atom stereocenters. The van der Waals surface area contributed by atoms with E-state index in [-0.39, 0.29) is 6.61 Å². The highest BCUT2D eigenvalue weighted by atomic mass is 35.5. The van der Waals surface area contributed by atoms with E-state index in [1.807, 2.05) is 12.1 Å². The highest BCUT2D eigenvalue weighted by Gasteiger charge is 2.08. The summed E-state index contributed by atoms with van der Waals surface area (Å²) < 4.78 is 0. The molecule has 1 aromatic rings. The lowest BCUT2D eigenvalue weighted by Crippen LogP contribution is -2.25. The van der Waals surface area contributed by atoms with Crippen molar-refractivity contribution < 1.29 is 5.11 Å². The van der Waals surface area contributed by atoms with Crippen LogP contribution in [-0.2, 0) is 6.61 Å². The second-order valence-electron chi connectivity index (χ2n) is 3.53. The molecule has 0 spiro atoms. The number of nitrogens with zero attached hydrogens (tertiary/aromatic N) is 2. The molecule has 1 aromatic heterocycles. The van der Waals surface area contributed by atoms with E-state index in [4.69, 9.17) is 16.7 Å². The molecule has 0 aliphatic carbocycles. The molecule has 16 heavy (non-hydrogen) atoms. The predicted octanol–water partition coefficient (Wildman–Crippen LogP) is 2.63. The van der Waals surface area contributed by atoms with Crippen LogP contribution in [0.3, 0.4) is 0 Å². The zero-order valence-corrected chi connectivity index (χ0v) is 10.2. The van der Waals surface area contributed by atoms with Crippen LogP contribution in [0.25, 0.3) is 0 Å². The Hall–Kier alpha value is -1.06. The maximum absolute atomic E-state index is 9.13. The van der Waals surface area contributed by atoms with Crippen molar-refractivity contribution in [3.05, 3.63) is 35.5 Å². The minimum Gasteiger partial charge on any atom is -0.392 e. The minimum atomic E-state index is -0.0671. The molecule has 0 atom stereocenters. The molecule has 0 saturated heterocycles. The summed E-state index contributed by atoms with van der Waals surface area (Å²) in [6.07, 6.45) is 4.45. The van der Waals surface area contributed by atoms with Crippen molar-refractivity contribution >= 4 is 17.4 Å². The van der Waals surface area contributed by atoms with Gasteiger partial charge in [0.25, 0.3) is 0 Å². The molecule has 0 bridgehead atoms. The van der Waals surface area contributed by atoms with Gasteiger partial charge in [-0.25, -0.2) is 4.98 Å². The Morgan fingerprint density at radius 2 is 2.38 bits per heavy atom. The number of aliphatic hydroxyl groups excluding tert-OH is 1. The van der Waals surface area contributed by atoms with Gasteiger partial charge in [-0.2, -0.15) is 0 Å². The van der Waals surface area contributed by atoms with E-state index >= 15 is 0 Å². The van der Waals surface area contributed by atoms with E-state index in [0.29, 0.717) is 10.6 Å². The highest BCUT2D eigenvalue weighted by Crippen LogP contribution is 2.20. The van der Waals surface area contributed by atoms with Gasteiger partial charge in [0, 0.05) is 24.8 Å². The highest BCUT2D eigenvalue weighted by molar-refractivity contribution is 6.31.